The second kappa shape index (κ2) is 10.3. The number of ether oxygens (including phenoxy) is 1. The molecule has 0 aliphatic heterocycles. The maximum atomic E-state index is 12.5. The zero-order chi connectivity index (χ0) is 20.6. The standard InChI is InChI=1S/C20H30N2O4S/c1-14-9-7-8-10-16(14)11-17(13-27-15(2)23)21-19(25)22(6)12-18(24)26-20(3,4)5/h7-10,17H,11-13H2,1-6H3,(H,21,25). The lowest BCUT2D eigenvalue weighted by Gasteiger charge is -2.25. The molecular formula is C20H30N2O4S. The minimum absolute atomic E-state index is 0.00106. The minimum atomic E-state index is -0.597. The third-order valence-corrected chi connectivity index (χ3v) is 4.65. The van der Waals surface area contributed by atoms with Gasteiger partial charge >= 0.3 is 12.0 Å². The lowest BCUT2D eigenvalue weighted by atomic mass is 10.0. The summed E-state index contributed by atoms with van der Waals surface area (Å²) in [7, 11) is 1.54. The number of nitrogens with one attached hydrogen (secondary N) is 1. The number of amides is 2. The van der Waals surface area contributed by atoms with Gasteiger partial charge in [0.1, 0.15) is 12.1 Å². The molecular weight excluding hydrogens is 364 g/mol. The Hall–Kier alpha value is -2.02. The number of likely N-dealkylation sites (N-methyl/N-ethyl adjacent to an activating group) is 1. The van der Waals surface area contributed by atoms with Crippen molar-refractivity contribution in [1.82, 2.24) is 10.2 Å². The quantitative estimate of drug-likeness (QED) is 0.719. The summed E-state index contributed by atoms with van der Waals surface area (Å²) in [5.74, 6) is 0.00379. The number of aryl methyl sites for hydroxylation is 1. The molecule has 0 spiro atoms. The Morgan fingerprint density at radius 3 is 2.41 bits per heavy atom. The first kappa shape index (κ1) is 23.0. The lowest BCUT2D eigenvalue weighted by Crippen LogP contribution is -2.47. The van der Waals surface area contributed by atoms with E-state index < -0.39 is 11.6 Å². The summed E-state index contributed by atoms with van der Waals surface area (Å²) < 4.78 is 5.24. The van der Waals surface area contributed by atoms with Gasteiger partial charge in [0, 0.05) is 25.8 Å². The number of carbonyl (C=O) groups excluding carboxylic acids is 3. The van der Waals surface area contributed by atoms with E-state index in [9.17, 15) is 14.4 Å². The minimum Gasteiger partial charge on any atom is -0.459 e. The highest BCUT2D eigenvalue weighted by Crippen LogP contribution is 2.14. The molecule has 0 aliphatic carbocycles. The normalized spacial score (nSPS) is 12.2. The molecule has 0 bridgehead atoms. The van der Waals surface area contributed by atoms with Gasteiger partial charge in [-0.25, -0.2) is 4.79 Å². The molecule has 0 saturated heterocycles. The zero-order valence-electron chi connectivity index (χ0n) is 17.0. The van der Waals surface area contributed by atoms with E-state index >= 15 is 0 Å². The SMILES string of the molecule is CC(=O)SCC(Cc1ccccc1C)NC(=O)N(C)CC(=O)OC(C)(C)C. The van der Waals surface area contributed by atoms with Crippen molar-refractivity contribution in [2.75, 3.05) is 19.3 Å². The van der Waals surface area contributed by atoms with Crippen molar-refractivity contribution < 1.29 is 19.1 Å². The average Bonchev–Trinajstić information content (AvgIpc) is 2.52. The van der Waals surface area contributed by atoms with Crippen LogP contribution in [0.5, 0.6) is 0 Å². The van der Waals surface area contributed by atoms with Crippen LogP contribution in [-0.4, -0.2) is 53.0 Å². The van der Waals surface area contributed by atoms with Crippen molar-refractivity contribution in [3.05, 3.63) is 35.4 Å². The summed E-state index contributed by atoms with van der Waals surface area (Å²) in [6, 6.07) is 7.34. The van der Waals surface area contributed by atoms with Crippen LogP contribution in [0.3, 0.4) is 0 Å². The van der Waals surface area contributed by atoms with Crippen molar-refractivity contribution in [3.8, 4) is 0 Å². The maximum Gasteiger partial charge on any atom is 0.326 e. The van der Waals surface area contributed by atoms with Crippen LogP contribution in [0.2, 0.25) is 0 Å². The van der Waals surface area contributed by atoms with Crippen LogP contribution in [0.4, 0.5) is 4.79 Å². The number of urea groups is 1. The summed E-state index contributed by atoms with van der Waals surface area (Å²) in [6.07, 6.45) is 0.610. The van der Waals surface area contributed by atoms with Crippen LogP contribution >= 0.6 is 11.8 Å². The molecule has 1 rings (SSSR count). The molecule has 0 aliphatic rings. The third kappa shape index (κ3) is 9.47. The molecule has 0 aromatic heterocycles. The Bertz CT molecular complexity index is 670. The third-order valence-electron chi connectivity index (χ3n) is 3.68. The first-order valence-electron chi connectivity index (χ1n) is 8.89. The van der Waals surface area contributed by atoms with Gasteiger partial charge in [-0.3, -0.25) is 9.59 Å². The van der Waals surface area contributed by atoms with Gasteiger partial charge in [-0.2, -0.15) is 0 Å². The number of hydrogen-bond acceptors (Lipinski definition) is 5. The summed E-state index contributed by atoms with van der Waals surface area (Å²) in [5, 5.41) is 2.92. The predicted molar refractivity (Wildman–Crippen MR) is 109 cm³/mol. The Balaban J connectivity index is 2.72. The molecule has 1 aromatic rings. The molecule has 1 atom stereocenters. The number of thioether (sulfide) groups is 1. The molecule has 1 unspecified atom stereocenters. The maximum absolute atomic E-state index is 12.5. The van der Waals surface area contributed by atoms with Crippen molar-refractivity contribution in [3.63, 3.8) is 0 Å². The monoisotopic (exact) mass is 394 g/mol. The summed E-state index contributed by atoms with van der Waals surface area (Å²) in [4.78, 5) is 37.0. The van der Waals surface area contributed by atoms with Crippen LogP contribution in [0.25, 0.3) is 0 Å². The van der Waals surface area contributed by atoms with Crippen molar-refractivity contribution in [2.24, 2.45) is 0 Å². The first-order valence-corrected chi connectivity index (χ1v) is 9.88. The number of hydrogen-bond donors (Lipinski definition) is 1. The van der Waals surface area contributed by atoms with Gasteiger partial charge in [0.2, 0.25) is 0 Å². The molecule has 6 nitrogen and oxygen atoms in total. The predicted octanol–water partition coefficient (Wildman–Crippen LogP) is 3.17. The number of esters is 1. The number of rotatable bonds is 7. The van der Waals surface area contributed by atoms with Gasteiger partial charge in [0.15, 0.2) is 5.12 Å². The molecule has 0 saturated carbocycles. The molecule has 0 fully saturated rings. The van der Waals surface area contributed by atoms with Gasteiger partial charge < -0.3 is 15.0 Å². The molecule has 150 valence electrons. The van der Waals surface area contributed by atoms with Gasteiger partial charge in [-0.15, -0.1) is 0 Å². The number of nitrogens with zero attached hydrogens (tertiary/aromatic N) is 1. The van der Waals surface area contributed by atoms with Crippen LogP contribution in [0.15, 0.2) is 24.3 Å². The van der Waals surface area contributed by atoms with E-state index in [1.807, 2.05) is 31.2 Å². The second-order valence-corrected chi connectivity index (χ2v) is 8.72. The van der Waals surface area contributed by atoms with E-state index in [4.69, 9.17) is 4.74 Å². The van der Waals surface area contributed by atoms with Crippen LogP contribution in [0.1, 0.15) is 38.8 Å². The zero-order valence-corrected chi connectivity index (χ0v) is 17.8. The Labute approximate surface area is 166 Å². The Kier molecular flexibility index (Phi) is 8.82. The average molecular weight is 395 g/mol. The fourth-order valence-corrected chi connectivity index (χ4v) is 3.04. The molecule has 2 amide bonds. The van der Waals surface area contributed by atoms with Crippen molar-refractivity contribution >= 4 is 28.9 Å². The van der Waals surface area contributed by atoms with Gasteiger partial charge in [0.25, 0.3) is 0 Å². The smallest absolute Gasteiger partial charge is 0.326 e. The second-order valence-electron chi connectivity index (χ2n) is 7.52. The van der Waals surface area contributed by atoms with Crippen LogP contribution in [0, 0.1) is 6.92 Å². The molecule has 7 heteroatoms. The van der Waals surface area contributed by atoms with Gasteiger partial charge in [0.05, 0.1) is 0 Å². The fourth-order valence-electron chi connectivity index (χ4n) is 2.40. The highest BCUT2D eigenvalue weighted by molar-refractivity contribution is 8.13. The summed E-state index contributed by atoms with van der Waals surface area (Å²) in [5.41, 5.74) is 1.65. The van der Waals surface area contributed by atoms with E-state index in [0.29, 0.717) is 12.2 Å². The highest BCUT2D eigenvalue weighted by atomic mass is 32.2. The van der Waals surface area contributed by atoms with Crippen molar-refractivity contribution in [2.45, 2.75) is 52.7 Å². The lowest BCUT2D eigenvalue weighted by molar-refractivity contribution is -0.155. The van der Waals surface area contributed by atoms with Crippen LogP contribution in [-0.2, 0) is 20.7 Å². The van der Waals surface area contributed by atoms with Crippen LogP contribution < -0.4 is 5.32 Å². The highest BCUT2D eigenvalue weighted by Gasteiger charge is 2.22. The van der Waals surface area contributed by atoms with E-state index in [1.165, 1.54) is 23.6 Å². The molecule has 27 heavy (non-hydrogen) atoms. The van der Waals surface area contributed by atoms with E-state index in [0.717, 1.165) is 11.1 Å². The molecule has 1 N–H and O–H groups in total. The summed E-state index contributed by atoms with van der Waals surface area (Å²) in [6.45, 7) is 8.72. The Morgan fingerprint density at radius 2 is 1.85 bits per heavy atom. The fraction of sp³-hybridized carbons (Fsp3) is 0.550. The molecule has 0 heterocycles. The van der Waals surface area contributed by atoms with E-state index in [-0.39, 0.29) is 23.7 Å². The first-order chi connectivity index (χ1) is 12.5. The number of carbonyl (C=O) groups is 3. The van der Waals surface area contributed by atoms with Crippen molar-refractivity contribution in [1.29, 1.82) is 0 Å². The van der Waals surface area contributed by atoms with E-state index in [1.54, 1.807) is 27.8 Å². The largest absolute Gasteiger partial charge is 0.459 e. The molecule has 0 radical (unpaired) electrons. The topological polar surface area (TPSA) is 75.7 Å². The summed E-state index contributed by atoms with van der Waals surface area (Å²) >= 11 is 1.18. The Morgan fingerprint density at radius 1 is 1.22 bits per heavy atom. The van der Waals surface area contributed by atoms with Gasteiger partial charge in [-0.1, -0.05) is 36.0 Å². The van der Waals surface area contributed by atoms with E-state index in [2.05, 4.69) is 5.32 Å². The van der Waals surface area contributed by atoms with Gasteiger partial charge in [-0.05, 0) is 45.2 Å². The number of benzene rings is 1. The molecule has 1 aromatic carbocycles.